The van der Waals surface area contributed by atoms with Gasteiger partial charge in [0.1, 0.15) is 23.3 Å². The van der Waals surface area contributed by atoms with Gasteiger partial charge < -0.3 is 4.57 Å². The Morgan fingerprint density at radius 3 is 0.975 bits per heavy atom. The van der Waals surface area contributed by atoms with Crippen LogP contribution in [0.15, 0.2) is 139 Å². The van der Waals surface area contributed by atoms with Gasteiger partial charge in [-0.15, -0.1) is 0 Å². The van der Waals surface area contributed by atoms with Gasteiger partial charge in [0.25, 0.3) is 0 Å². The van der Waals surface area contributed by atoms with Gasteiger partial charge in [-0.1, -0.05) is 78.9 Å². The van der Waals surface area contributed by atoms with Gasteiger partial charge in [0.15, 0.2) is 7.14 Å². The average Bonchev–Trinajstić information content (AvgIpc) is 2.97. The quantitative estimate of drug-likeness (QED) is 0.145. The summed E-state index contributed by atoms with van der Waals surface area (Å²) in [5.41, 5.74) is 3.37. The van der Waals surface area contributed by atoms with E-state index < -0.39 is 30.4 Å². The molecule has 5 aromatic rings. The van der Waals surface area contributed by atoms with Crippen LogP contribution in [0, 0.1) is 23.3 Å². The molecule has 0 spiro atoms. The van der Waals surface area contributed by atoms with E-state index in [0.717, 1.165) is 0 Å². The molecule has 0 saturated heterocycles. The van der Waals surface area contributed by atoms with E-state index in [9.17, 15) is 17.6 Å². The molecule has 0 aliphatic heterocycles. The van der Waals surface area contributed by atoms with Crippen molar-refractivity contribution in [1.29, 1.82) is 0 Å². The van der Waals surface area contributed by atoms with Crippen molar-refractivity contribution < 1.29 is 22.1 Å². The second-order valence-corrected chi connectivity index (χ2v) is 11.6. The Kier molecular flexibility index (Phi) is 7.95. The van der Waals surface area contributed by atoms with Crippen molar-refractivity contribution in [2.75, 3.05) is 0 Å². The average molecular weight is 555 g/mol. The van der Waals surface area contributed by atoms with Crippen molar-refractivity contribution in [3.8, 4) is 0 Å². The molecule has 0 heterocycles. The summed E-state index contributed by atoms with van der Waals surface area (Å²) in [4.78, 5) is 0. The standard InChI is InChI=1S/C34H23F4OP/c35-28-14-6-24(7-15-28)33(25-8-16-29(36)17-9-25)22-40(39,32-4-2-1-3-5-32)23-34(26-10-18-30(37)19-11-26)27-12-20-31(38)21-13-27/h1-23H. The SMILES string of the molecule is O=P(C=C(c1ccc(F)cc1)c1ccc(F)cc1)(C=C(c1ccc(F)cc1)c1ccc(F)cc1)c1ccccc1. The Balaban J connectivity index is 1.80. The smallest absolute Gasteiger partial charge is 0.158 e. The fourth-order valence-corrected chi connectivity index (χ4v) is 6.75. The van der Waals surface area contributed by atoms with Crippen molar-refractivity contribution in [1.82, 2.24) is 0 Å². The van der Waals surface area contributed by atoms with Gasteiger partial charge in [-0.25, -0.2) is 17.6 Å². The third-order valence-corrected chi connectivity index (χ3v) is 8.81. The minimum atomic E-state index is -3.59. The molecule has 0 aliphatic rings. The van der Waals surface area contributed by atoms with Crippen molar-refractivity contribution in [2.45, 2.75) is 0 Å². The highest BCUT2D eigenvalue weighted by Gasteiger charge is 2.24. The second-order valence-electron chi connectivity index (χ2n) is 9.16. The van der Waals surface area contributed by atoms with Crippen LogP contribution >= 0.6 is 7.14 Å². The van der Waals surface area contributed by atoms with E-state index in [4.69, 9.17) is 0 Å². The van der Waals surface area contributed by atoms with Crippen molar-refractivity contribution in [2.24, 2.45) is 0 Å². The molecule has 0 aromatic heterocycles. The van der Waals surface area contributed by atoms with Crippen molar-refractivity contribution in [3.63, 3.8) is 0 Å². The predicted octanol–water partition coefficient (Wildman–Crippen LogP) is 9.41. The second kappa shape index (κ2) is 11.7. The van der Waals surface area contributed by atoms with E-state index in [2.05, 4.69) is 0 Å². The van der Waals surface area contributed by atoms with Crippen molar-refractivity contribution in [3.05, 3.63) is 185 Å². The lowest BCUT2D eigenvalue weighted by molar-refractivity contribution is 0.592. The van der Waals surface area contributed by atoms with E-state index >= 15 is 4.57 Å². The lowest BCUT2D eigenvalue weighted by Crippen LogP contribution is -2.03. The predicted molar refractivity (Wildman–Crippen MR) is 153 cm³/mol. The molecule has 0 atom stereocenters. The monoisotopic (exact) mass is 554 g/mol. The molecule has 5 aromatic carbocycles. The number of hydrogen-bond donors (Lipinski definition) is 0. The Morgan fingerprint density at radius 2 is 0.700 bits per heavy atom. The molecule has 0 fully saturated rings. The molecule has 1 nitrogen and oxygen atoms in total. The third kappa shape index (κ3) is 6.22. The summed E-state index contributed by atoms with van der Waals surface area (Å²) in [6.45, 7) is 0. The number of hydrogen-bond acceptors (Lipinski definition) is 1. The van der Waals surface area contributed by atoms with Gasteiger partial charge >= 0.3 is 0 Å². The fraction of sp³-hybridized carbons (Fsp3) is 0. The van der Waals surface area contributed by atoms with Gasteiger partial charge in [-0.3, -0.25) is 0 Å². The van der Waals surface area contributed by atoms with Crippen LogP contribution in [0.2, 0.25) is 0 Å². The molecule has 0 radical (unpaired) electrons. The largest absolute Gasteiger partial charge is 0.310 e. The number of benzene rings is 5. The topological polar surface area (TPSA) is 17.1 Å². The van der Waals surface area contributed by atoms with Crippen LogP contribution in [0.1, 0.15) is 22.3 Å². The number of halogens is 4. The Hall–Kier alpha value is -4.47. The van der Waals surface area contributed by atoms with Crippen LogP contribution in [-0.4, -0.2) is 0 Å². The lowest BCUT2D eigenvalue weighted by Gasteiger charge is -2.18. The van der Waals surface area contributed by atoms with Crippen LogP contribution in [-0.2, 0) is 4.57 Å². The van der Waals surface area contributed by atoms with Gasteiger partial charge in [0.05, 0.1) is 0 Å². The van der Waals surface area contributed by atoms with Gasteiger partial charge in [0, 0.05) is 5.30 Å². The summed E-state index contributed by atoms with van der Waals surface area (Å²) in [6, 6.07) is 31.9. The maximum absolute atomic E-state index is 15.1. The highest BCUT2D eigenvalue weighted by Crippen LogP contribution is 2.53. The molecule has 0 bridgehead atoms. The first-order chi connectivity index (χ1) is 19.3. The van der Waals surface area contributed by atoms with E-state index in [1.165, 1.54) is 48.5 Å². The van der Waals surface area contributed by atoms with Gasteiger partial charge in [-0.2, -0.15) is 0 Å². The highest BCUT2D eigenvalue weighted by atomic mass is 31.2. The molecule has 198 valence electrons. The minimum Gasteiger partial charge on any atom is -0.310 e. The molecular weight excluding hydrogens is 531 g/mol. The molecule has 0 saturated carbocycles. The summed E-state index contributed by atoms with van der Waals surface area (Å²) >= 11 is 0. The van der Waals surface area contributed by atoms with Crippen LogP contribution in [0.5, 0.6) is 0 Å². The van der Waals surface area contributed by atoms with E-state index in [-0.39, 0.29) is 0 Å². The highest BCUT2D eigenvalue weighted by molar-refractivity contribution is 7.77. The molecule has 5 rings (SSSR count). The summed E-state index contributed by atoms with van der Waals surface area (Å²) < 4.78 is 70.5. The first-order valence-electron chi connectivity index (χ1n) is 12.5. The fourth-order valence-electron chi connectivity index (χ4n) is 4.38. The normalized spacial score (nSPS) is 11.1. The summed E-state index contributed by atoms with van der Waals surface area (Å²) in [7, 11) is -3.59. The first-order valence-corrected chi connectivity index (χ1v) is 14.3. The molecule has 6 heteroatoms. The summed E-state index contributed by atoms with van der Waals surface area (Å²) in [5.74, 6) is 1.53. The van der Waals surface area contributed by atoms with E-state index in [1.807, 2.05) is 6.07 Å². The molecule has 0 amide bonds. The zero-order valence-electron chi connectivity index (χ0n) is 21.1. The van der Waals surface area contributed by atoms with Crippen molar-refractivity contribution >= 4 is 23.6 Å². The Labute approximate surface area is 230 Å². The van der Waals surface area contributed by atoms with Crippen LogP contribution in [0.3, 0.4) is 0 Å². The summed E-state index contributed by atoms with van der Waals surface area (Å²) in [6.07, 6.45) is 0. The molecule has 0 aliphatic carbocycles. The Bertz CT molecular complexity index is 1500. The zero-order valence-corrected chi connectivity index (χ0v) is 22.0. The van der Waals surface area contributed by atoms with E-state index in [0.29, 0.717) is 38.7 Å². The zero-order chi connectivity index (χ0) is 28.1. The van der Waals surface area contributed by atoms with Crippen LogP contribution in [0.25, 0.3) is 11.1 Å². The molecule has 0 unspecified atom stereocenters. The molecule has 40 heavy (non-hydrogen) atoms. The molecular formula is C34H23F4OP. The van der Waals surface area contributed by atoms with Gasteiger partial charge in [0.2, 0.25) is 0 Å². The minimum absolute atomic E-state index is 0.428. The maximum Gasteiger partial charge on any atom is 0.158 e. The van der Waals surface area contributed by atoms with Crippen LogP contribution < -0.4 is 5.30 Å². The maximum atomic E-state index is 15.1. The third-order valence-electron chi connectivity index (χ3n) is 6.42. The lowest BCUT2D eigenvalue weighted by atomic mass is 9.99. The Morgan fingerprint density at radius 1 is 0.425 bits per heavy atom. The number of rotatable bonds is 7. The van der Waals surface area contributed by atoms with Gasteiger partial charge in [-0.05, 0) is 93.6 Å². The summed E-state index contributed by atoms with van der Waals surface area (Å²) in [5, 5.41) is 0.512. The van der Waals surface area contributed by atoms with Crippen LogP contribution in [0.4, 0.5) is 17.6 Å². The first kappa shape index (κ1) is 27.1. The molecule has 0 N–H and O–H groups in total. The van der Waals surface area contributed by atoms with E-state index in [1.54, 1.807) is 84.4 Å².